The van der Waals surface area contributed by atoms with Crippen LogP contribution < -0.4 is 11.1 Å². The van der Waals surface area contributed by atoms with Crippen molar-refractivity contribution in [3.63, 3.8) is 0 Å². The van der Waals surface area contributed by atoms with Crippen LogP contribution in [-0.2, 0) is 4.79 Å². The van der Waals surface area contributed by atoms with E-state index in [1.807, 2.05) is 0 Å². The van der Waals surface area contributed by atoms with Crippen LogP contribution in [0.15, 0.2) is 0 Å². The van der Waals surface area contributed by atoms with E-state index >= 15 is 0 Å². The van der Waals surface area contributed by atoms with Gasteiger partial charge in [-0.15, -0.1) is 0 Å². The first kappa shape index (κ1) is 11.9. The number of carbonyl (C=O) groups is 1. The Hall–Kier alpha value is -0.570. The topological polar surface area (TPSA) is 55.1 Å². The summed E-state index contributed by atoms with van der Waals surface area (Å²) >= 11 is 0. The Bertz CT molecular complexity index is 254. The molecule has 4 unspecified atom stereocenters. The number of nitrogens with two attached hydrogens (primary N) is 1. The fourth-order valence-corrected chi connectivity index (χ4v) is 3.33. The molecule has 2 aliphatic carbocycles. The van der Waals surface area contributed by atoms with Gasteiger partial charge in [-0.1, -0.05) is 19.8 Å². The predicted molar refractivity (Wildman–Crippen MR) is 64.9 cm³/mol. The fourth-order valence-electron chi connectivity index (χ4n) is 3.33. The van der Waals surface area contributed by atoms with E-state index in [2.05, 4.69) is 12.2 Å². The van der Waals surface area contributed by atoms with Gasteiger partial charge in [0.25, 0.3) is 0 Å². The number of carbonyl (C=O) groups excluding carboxylic acids is 1. The summed E-state index contributed by atoms with van der Waals surface area (Å²) in [6, 6.07) is 0.974. The van der Waals surface area contributed by atoms with E-state index in [9.17, 15) is 4.79 Å². The van der Waals surface area contributed by atoms with Crippen molar-refractivity contribution in [2.24, 2.45) is 17.6 Å². The average molecular weight is 224 g/mol. The number of primary amides is 1. The van der Waals surface area contributed by atoms with E-state index in [0.717, 1.165) is 25.2 Å². The van der Waals surface area contributed by atoms with Crippen molar-refractivity contribution in [2.75, 3.05) is 0 Å². The smallest absolute Gasteiger partial charge is 0.222 e. The van der Waals surface area contributed by atoms with Crippen molar-refractivity contribution in [3.05, 3.63) is 0 Å². The molecule has 2 fully saturated rings. The lowest BCUT2D eigenvalue weighted by molar-refractivity contribution is -0.123. The molecular formula is C13H24N2O. The molecular weight excluding hydrogens is 200 g/mol. The highest BCUT2D eigenvalue weighted by molar-refractivity contribution is 5.77. The number of rotatable bonds is 3. The average Bonchev–Trinajstić information content (AvgIpc) is 2.64. The minimum atomic E-state index is -0.108. The monoisotopic (exact) mass is 224 g/mol. The molecule has 0 aromatic rings. The maximum absolute atomic E-state index is 11.4. The molecule has 1 amide bonds. The summed E-state index contributed by atoms with van der Waals surface area (Å²) in [6.07, 6.45) is 8.36. The number of amides is 1. The summed E-state index contributed by atoms with van der Waals surface area (Å²) in [5, 5.41) is 3.68. The van der Waals surface area contributed by atoms with Crippen LogP contribution >= 0.6 is 0 Å². The highest BCUT2D eigenvalue weighted by Gasteiger charge is 2.32. The summed E-state index contributed by atoms with van der Waals surface area (Å²) in [5.74, 6) is 0.807. The zero-order valence-electron chi connectivity index (χ0n) is 10.2. The second-order valence-electron chi connectivity index (χ2n) is 5.68. The molecule has 2 saturated carbocycles. The standard InChI is InChI=1S/C13H24N2O/c1-9-6-7-10(8-9)15-12-5-3-2-4-11(12)13(14)16/h9-12,15H,2-8H2,1H3,(H2,14,16). The highest BCUT2D eigenvalue weighted by Crippen LogP contribution is 2.29. The molecule has 2 aliphatic rings. The Morgan fingerprint density at radius 2 is 1.94 bits per heavy atom. The molecule has 0 heterocycles. The molecule has 3 nitrogen and oxygen atoms in total. The van der Waals surface area contributed by atoms with Gasteiger partial charge < -0.3 is 11.1 Å². The lowest BCUT2D eigenvalue weighted by Gasteiger charge is -2.32. The van der Waals surface area contributed by atoms with Gasteiger partial charge in [-0.25, -0.2) is 0 Å². The molecule has 0 radical (unpaired) electrons. The lowest BCUT2D eigenvalue weighted by Crippen LogP contribution is -2.48. The Kier molecular flexibility index (Phi) is 3.85. The Balaban J connectivity index is 1.88. The van der Waals surface area contributed by atoms with E-state index in [1.54, 1.807) is 0 Å². The molecule has 0 aromatic heterocycles. The van der Waals surface area contributed by atoms with Gasteiger partial charge >= 0.3 is 0 Å². The van der Waals surface area contributed by atoms with E-state index in [-0.39, 0.29) is 11.8 Å². The van der Waals surface area contributed by atoms with Crippen LogP contribution in [0.4, 0.5) is 0 Å². The number of nitrogens with one attached hydrogen (secondary N) is 1. The Labute approximate surface area is 98.2 Å². The number of hydrogen-bond acceptors (Lipinski definition) is 2. The van der Waals surface area contributed by atoms with Crippen molar-refractivity contribution in [1.29, 1.82) is 0 Å². The van der Waals surface area contributed by atoms with Crippen molar-refractivity contribution in [2.45, 2.75) is 64.0 Å². The third-order valence-electron chi connectivity index (χ3n) is 4.28. The van der Waals surface area contributed by atoms with E-state index in [0.29, 0.717) is 12.1 Å². The van der Waals surface area contributed by atoms with E-state index in [4.69, 9.17) is 5.73 Å². The van der Waals surface area contributed by atoms with Gasteiger partial charge in [-0.2, -0.15) is 0 Å². The van der Waals surface area contributed by atoms with Gasteiger partial charge in [-0.05, 0) is 38.0 Å². The second kappa shape index (κ2) is 5.17. The first-order valence-corrected chi connectivity index (χ1v) is 6.72. The third kappa shape index (κ3) is 2.76. The van der Waals surface area contributed by atoms with Crippen molar-refractivity contribution in [1.82, 2.24) is 5.32 Å². The van der Waals surface area contributed by atoms with Crippen molar-refractivity contribution >= 4 is 5.91 Å². The van der Waals surface area contributed by atoms with Crippen LogP contribution in [0.5, 0.6) is 0 Å². The highest BCUT2D eigenvalue weighted by atomic mass is 16.1. The largest absolute Gasteiger partial charge is 0.369 e. The lowest BCUT2D eigenvalue weighted by atomic mass is 9.83. The molecule has 0 bridgehead atoms. The van der Waals surface area contributed by atoms with Crippen LogP contribution in [0.3, 0.4) is 0 Å². The Morgan fingerprint density at radius 3 is 2.56 bits per heavy atom. The summed E-state index contributed by atoms with van der Waals surface area (Å²) in [4.78, 5) is 11.4. The van der Waals surface area contributed by atoms with Crippen molar-refractivity contribution in [3.8, 4) is 0 Å². The van der Waals surface area contributed by atoms with Gasteiger partial charge in [0.15, 0.2) is 0 Å². The predicted octanol–water partition coefficient (Wildman–Crippen LogP) is 1.81. The summed E-state index contributed by atoms with van der Waals surface area (Å²) < 4.78 is 0. The fraction of sp³-hybridized carbons (Fsp3) is 0.923. The Morgan fingerprint density at radius 1 is 1.19 bits per heavy atom. The van der Waals surface area contributed by atoms with Gasteiger partial charge in [-0.3, -0.25) is 4.79 Å². The van der Waals surface area contributed by atoms with Gasteiger partial charge in [0, 0.05) is 12.1 Å². The normalized spacial score (nSPS) is 39.8. The van der Waals surface area contributed by atoms with Crippen LogP contribution in [0.2, 0.25) is 0 Å². The number of hydrogen-bond donors (Lipinski definition) is 2. The SMILES string of the molecule is CC1CCC(NC2CCCCC2C(N)=O)C1. The second-order valence-corrected chi connectivity index (χ2v) is 5.68. The van der Waals surface area contributed by atoms with Crippen LogP contribution in [-0.4, -0.2) is 18.0 Å². The molecule has 0 aromatic carbocycles. The molecule has 0 aliphatic heterocycles. The summed E-state index contributed by atoms with van der Waals surface area (Å²) in [7, 11) is 0. The molecule has 3 N–H and O–H groups in total. The zero-order valence-corrected chi connectivity index (χ0v) is 10.2. The maximum Gasteiger partial charge on any atom is 0.222 e. The van der Waals surface area contributed by atoms with Crippen LogP contribution in [0, 0.1) is 11.8 Å². The van der Waals surface area contributed by atoms with Crippen LogP contribution in [0.1, 0.15) is 51.9 Å². The van der Waals surface area contributed by atoms with Gasteiger partial charge in [0.05, 0.1) is 5.92 Å². The first-order valence-electron chi connectivity index (χ1n) is 6.72. The summed E-state index contributed by atoms with van der Waals surface area (Å²) in [6.45, 7) is 2.31. The van der Waals surface area contributed by atoms with Crippen LogP contribution in [0.25, 0.3) is 0 Å². The minimum absolute atomic E-state index is 0.0738. The minimum Gasteiger partial charge on any atom is -0.369 e. The molecule has 16 heavy (non-hydrogen) atoms. The summed E-state index contributed by atoms with van der Waals surface area (Å²) in [5.41, 5.74) is 5.48. The van der Waals surface area contributed by atoms with E-state index < -0.39 is 0 Å². The quantitative estimate of drug-likeness (QED) is 0.768. The third-order valence-corrected chi connectivity index (χ3v) is 4.28. The first-order chi connectivity index (χ1) is 7.66. The van der Waals surface area contributed by atoms with Gasteiger partial charge in [0.1, 0.15) is 0 Å². The van der Waals surface area contributed by atoms with Gasteiger partial charge in [0.2, 0.25) is 5.91 Å². The molecule has 2 rings (SSSR count). The van der Waals surface area contributed by atoms with E-state index in [1.165, 1.54) is 25.7 Å². The molecule has 92 valence electrons. The maximum atomic E-state index is 11.4. The molecule has 3 heteroatoms. The molecule has 4 atom stereocenters. The molecule has 0 saturated heterocycles. The van der Waals surface area contributed by atoms with Crippen molar-refractivity contribution < 1.29 is 4.79 Å². The molecule has 0 spiro atoms. The zero-order chi connectivity index (χ0) is 11.5.